The number of primary amides is 1. The maximum Gasteiger partial charge on any atom is 0.263 e. The Kier molecular flexibility index (Phi) is 3.18. The number of hydrogen-bond donors (Lipinski definition) is 1. The van der Waals surface area contributed by atoms with E-state index in [1.807, 2.05) is 0 Å². The van der Waals surface area contributed by atoms with Crippen molar-refractivity contribution in [3.63, 3.8) is 0 Å². The molecule has 0 atom stereocenters. The highest BCUT2D eigenvalue weighted by Gasteiger charge is 2.07. The Labute approximate surface area is 65.4 Å². The summed E-state index contributed by atoms with van der Waals surface area (Å²) >= 11 is 0. The lowest BCUT2D eigenvalue weighted by Crippen LogP contribution is -2.21. The lowest BCUT2D eigenvalue weighted by molar-refractivity contribution is -0.112. The van der Waals surface area contributed by atoms with Crippen molar-refractivity contribution in [2.45, 2.75) is 13.8 Å². The Balaban J connectivity index is 4.71. The van der Waals surface area contributed by atoms with Crippen LogP contribution in [-0.2, 0) is 14.8 Å². The number of amides is 1. The minimum atomic E-state index is -3.48. The largest absolute Gasteiger partial charge is 0.365 e. The monoisotopic (exact) mass is 178 g/mol. The Morgan fingerprint density at radius 2 is 2.00 bits per heavy atom. The zero-order chi connectivity index (χ0) is 9.07. The van der Waals surface area contributed by atoms with Crippen LogP contribution in [0.25, 0.3) is 0 Å². The quantitative estimate of drug-likeness (QED) is 0.578. The molecule has 0 spiro atoms. The van der Waals surface area contributed by atoms with Crippen molar-refractivity contribution in [2.75, 3.05) is 5.75 Å². The number of nitrogens with zero attached hydrogens (tertiary/aromatic N) is 1. The van der Waals surface area contributed by atoms with Crippen molar-refractivity contribution in [3.05, 3.63) is 0 Å². The van der Waals surface area contributed by atoms with Gasteiger partial charge in [0.2, 0.25) is 0 Å². The lowest BCUT2D eigenvalue weighted by atomic mass is 10.4. The smallest absolute Gasteiger partial charge is 0.263 e. The van der Waals surface area contributed by atoms with E-state index >= 15 is 0 Å². The van der Waals surface area contributed by atoms with Crippen molar-refractivity contribution >= 4 is 21.6 Å². The van der Waals surface area contributed by atoms with Crippen LogP contribution in [0.1, 0.15) is 13.8 Å². The molecular formula is C5H10N2O3S. The molecule has 1 amide bonds. The summed E-state index contributed by atoms with van der Waals surface area (Å²) in [5.74, 6) is -0.945. The third kappa shape index (κ3) is 3.72. The van der Waals surface area contributed by atoms with E-state index in [1.165, 1.54) is 13.8 Å². The van der Waals surface area contributed by atoms with Crippen LogP contribution in [0.4, 0.5) is 0 Å². The number of nitrogens with two attached hydrogens (primary N) is 1. The molecule has 0 saturated carbocycles. The molecule has 0 unspecified atom stereocenters. The fraction of sp³-hybridized carbons (Fsp3) is 0.600. The average Bonchev–Trinajstić information content (AvgIpc) is 1.87. The number of carbonyl (C=O) groups excluding carboxylic acids is 1. The summed E-state index contributed by atoms with van der Waals surface area (Å²) in [4.78, 5) is 10.3. The Hall–Kier alpha value is -0.910. The molecule has 0 saturated heterocycles. The van der Waals surface area contributed by atoms with Gasteiger partial charge in [-0.05, 0) is 13.8 Å². The molecule has 0 bridgehead atoms. The van der Waals surface area contributed by atoms with Crippen LogP contribution in [0.5, 0.6) is 0 Å². The number of hydrogen-bond acceptors (Lipinski definition) is 3. The van der Waals surface area contributed by atoms with Gasteiger partial charge in [-0.3, -0.25) is 4.79 Å². The van der Waals surface area contributed by atoms with Gasteiger partial charge in [-0.25, -0.2) is 8.42 Å². The summed E-state index contributed by atoms with van der Waals surface area (Å²) in [6.07, 6.45) is 0. The van der Waals surface area contributed by atoms with E-state index in [-0.39, 0.29) is 11.5 Å². The van der Waals surface area contributed by atoms with E-state index in [4.69, 9.17) is 5.73 Å². The van der Waals surface area contributed by atoms with E-state index in [1.54, 1.807) is 0 Å². The summed E-state index contributed by atoms with van der Waals surface area (Å²) in [6.45, 7) is 2.70. The predicted molar refractivity (Wildman–Crippen MR) is 41.8 cm³/mol. The lowest BCUT2D eigenvalue weighted by Gasteiger charge is -1.93. The van der Waals surface area contributed by atoms with Gasteiger partial charge in [0.1, 0.15) is 5.71 Å². The van der Waals surface area contributed by atoms with E-state index < -0.39 is 15.9 Å². The molecule has 64 valence electrons. The van der Waals surface area contributed by atoms with Gasteiger partial charge in [-0.2, -0.15) is 4.40 Å². The molecule has 0 fully saturated rings. The third-order valence-electron chi connectivity index (χ3n) is 0.997. The first-order valence-electron chi connectivity index (χ1n) is 2.98. The van der Waals surface area contributed by atoms with Crippen molar-refractivity contribution in [3.8, 4) is 0 Å². The number of sulfonamides is 1. The molecule has 5 nitrogen and oxygen atoms in total. The zero-order valence-corrected chi connectivity index (χ0v) is 7.18. The van der Waals surface area contributed by atoms with Crippen molar-refractivity contribution < 1.29 is 13.2 Å². The van der Waals surface area contributed by atoms with Crippen LogP contribution in [0.2, 0.25) is 0 Å². The summed E-state index contributed by atoms with van der Waals surface area (Å²) in [5, 5.41) is 0. The van der Waals surface area contributed by atoms with E-state index in [0.29, 0.717) is 0 Å². The molecule has 0 rings (SSSR count). The SMILES string of the molecule is CCS(=O)(=O)N=C(C)C(N)=O. The van der Waals surface area contributed by atoms with Gasteiger partial charge >= 0.3 is 0 Å². The summed E-state index contributed by atoms with van der Waals surface area (Å²) < 4.78 is 24.6. The fourth-order valence-electron chi connectivity index (χ4n) is 0.318. The van der Waals surface area contributed by atoms with E-state index in [0.717, 1.165) is 0 Å². The maximum atomic E-state index is 10.7. The molecule has 0 aliphatic carbocycles. The summed E-state index contributed by atoms with van der Waals surface area (Å²) in [6, 6.07) is 0. The number of carbonyl (C=O) groups is 1. The van der Waals surface area contributed by atoms with Gasteiger partial charge in [-0.15, -0.1) is 0 Å². The zero-order valence-electron chi connectivity index (χ0n) is 6.36. The van der Waals surface area contributed by atoms with Crippen LogP contribution < -0.4 is 5.73 Å². The minimum Gasteiger partial charge on any atom is -0.365 e. The molecular weight excluding hydrogens is 168 g/mol. The Bertz CT molecular complexity index is 278. The highest BCUT2D eigenvalue weighted by Crippen LogP contribution is 1.91. The molecule has 0 aromatic heterocycles. The minimum absolute atomic E-state index is 0.127. The second-order valence-corrected chi connectivity index (χ2v) is 3.84. The van der Waals surface area contributed by atoms with Gasteiger partial charge in [0.05, 0.1) is 5.75 Å². The van der Waals surface area contributed by atoms with Crippen LogP contribution in [-0.4, -0.2) is 25.8 Å². The van der Waals surface area contributed by atoms with Crippen molar-refractivity contribution in [1.82, 2.24) is 0 Å². The van der Waals surface area contributed by atoms with Crippen molar-refractivity contribution in [2.24, 2.45) is 10.1 Å². The van der Waals surface area contributed by atoms with Crippen LogP contribution in [0, 0.1) is 0 Å². The van der Waals surface area contributed by atoms with Gasteiger partial charge in [0.25, 0.3) is 15.9 Å². The first-order chi connectivity index (χ1) is 4.89. The molecule has 0 aliphatic rings. The molecule has 0 aliphatic heterocycles. The third-order valence-corrected chi connectivity index (χ3v) is 2.28. The van der Waals surface area contributed by atoms with E-state index in [9.17, 15) is 13.2 Å². The van der Waals surface area contributed by atoms with Crippen LogP contribution in [0.15, 0.2) is 4.40 Å². The van der Waals surface area contributed by atoms with Crippen LogP contribution >= 0.6 is 0 Å². The molecule has 0 aromatic carbocycles. The first-order valence-corrected chi connectivity index (χ1v) is 4.59. The predicted octanol–water partition coefficient (Wildman–Crippen LogP) is -0.718. The van der Waals surface area contributed by atoms with E-state index in [2.05, 4.69) is 4.40 Å². The highest BCUT2D eigenvalue weighted by molar-refractivity contribution is 7.90. The summed E-state index contributed by atoms with van der Waals surface area (Å²) in [5.41, 5.74) is 4.58. The second kappa shape index (κ2) is 3.47. The molecule has 0 radical (unpaired) electrons. The molecule has 6 heteroatoms. The highest BCUT2D eigenvalue weighted by atomic mass is 32.2. The average molecular weight is 178 g/mol. The number of rotatable bonds is 3. The molecule has 0 aromatic rings. The van der Waals surface area contributed by atoms with Gasteiger partial charge in [0, 0.05) is 0 Å². The Morgan fingerprint density at radius 3 is 2.27 bits per heavy atom. The first kappa shape index (κ1) is 10.1. The normalized spacial score (nSPS) is 13.1. The Morgan fingerprint density at radius 1 is 1.55 bits per heavy atom. The van der Waals surface area contributed by atoms with Gasteiger partial charge < -0.3 is 5.73 Å². The maximum absolute atomic E-state index is 10.7. The fourth-order valence-corrected chi connectivity index (χ4v) is 0.954. The van der Waals surface area contributed by atoms with Gasteiger partial charge in [-0.1, -0.05) is 0 Å². The molecule has 11 heavy (non-hydrogen) atoms. The van der Waals surface area contributed by atoms with Crippen molar-refractivity contribution in [1.29, 1.82) is 0 Å². The standard InChI is InChI=1S/C5H10N2O3S/c1-3-11(9,10)7-4(2)5(6)8/h3H2,1-2H3,(H2,6,8). The second-order valence-electron chi connectivity index (χ2n) is 1.91. The van der Waals surface area contributed by atoms with Crippen LogP contribution in [0.3, 0.4) is 0 Å². The molecule has 0 heterocycles. The summed E-state index contributed by atoms with van der Waals surface area (Å²) in [7, 11) is -3.48. The molecule has 2 N–H and O–H groups in total. The topological polar surface area (TPSA) is 89.6 Å². The van der Waals surface area contributed by atoms with Gasteiger partial charge in [0.15, 0.2) is 0 Å².